The van der Waals surface area contributed by atoms with Gasteiger partial charge in [-0.3, -0.25) is 4.79 Å². The molecule has 1 unspecified atom stereocenters. The number of alkyl halides is 3. The minimum Gasteiger partial charge on any atom is -0.378 e. The lowest BCUT2D eigenvalue weighted by atomic mass is 10.2. The first kappa shape index (κ1) is 19.0. The maximum atomic E-state index is 12.7. The van der Waals surface area contributed by atoms with Crippen molar-refractivity contribution in [1.82, 2.24) is 9.97 Å². The van der Waals surface area contributed by atoms with Crippen molar-refractivity contribution in [2.24, 2.45) is 0 Å². The zero-order chi connectivity index (χ0) is 18.6. The number of hydrogen-bond acceptors (Lipinski definition) is 5. The van der Waals surface area contributed by atoms with Crippen LogP contribution in [0.15, 0.2) is 41.7 Å². The van der Waals surface area contributed by atoms with E-state index in [0.717, 1.165) is 29.7 Å². The first-order valence-corrected chi connectivity index (χ1v) is 8.20. The topological polar surface area (TPSA) is 58.1 Å². The minimum atomic E-state index is -4.54. The third kappa shape index (κ3) is 5.35. The second kappa shape index (κ2) is 7.73. The van der Waals surface area contributed by atoms with E-state index >= 15 is 0 Å². The molecule has 9 heteroatoms. The Labute approximate surface area is 147 Å². The smallest absolute Gasteiger partial charge is 0.378 e. The molecule has 2 rings (SSSR count). The van der Waals surface area contributed by atoms with E-state index in [4.69, 9.17) is 0 Å². The van der Waals surface area contributed by atoms with Crippen LogP contribution in [-0.4, -0.2) is 35.2 Å². The Morgan fingerprint density at radius 1 is 1.20 bits per heavy atom. The zero-order valence-corrected chi connectivity index (χ0v) is 14.6. The van der Waals surface area contributed by atoms with Crippen molar-refractivity contribution >= 4 is 29.0 Å². The summed E-state index contributed by atoms with van der Waals surface area (Å²) in [7, 11) is 3.81. The third-order valence-corrected chi connectivity index (χ3v) is 4.20. The third-order valence-electron chi connectivity index (χ3n) is 3.23. The molecule has 0 fully saturated rings. The van der Waals surface area contributed by atoms with Crippen molar-refractivity contribution in [3.63, 3.8) is 0 Å². The number of thioether (sulfide) groups is 1. The highest BCUT2D eigenvalue weighted by atomic mass is 32.2. The molecule has 0 aliphatic heterocycles. The van der Waals surface area contributed by atoms with E-state index in [9.17, 15) is 18.0 Å². The molecule has 0 saturated heterocycles. The van der Waals surface area contributed by atoms with Gasteiger partial charge in [-0.2, -0.15) is 13.2 Å². The number of nitrogens with zero attached hydrogens (tertiary/aromatic N) is 3. The van der Waals surface area contributed by atoms with E-state index < -0.39 is 17.1 Å². The predicted octanol–water partition coefficient (Wildman–Crippen LogP) is 3.68. The van der Waals surface area contributed by atoms with Crippen molar-refractivity contribution < 1.29 is 18.0 Å². The molecule has 1 heterocycles. The Morgan fingerprint density at radius 3 is 2.40 bits per heavy atom. The van der Waals surface area contributed by atoms with Gasteiger partial charge in [0.1, 0.15) is 5.69 Å². The Kier molecular flexibility index (Phi) is 5.89. The Morgan fingerprint density at radius 2 is 1.84 bits per heavy atom. The van der Waals surface area contributed by atoms with E-state index in [-0.39, 0.29) is 11.1 Å². The van der Waals surface area contributed by atoms with Gasteiger partial charge < -0.3 is 10.2 Å². The van der Waals surface area contributed by atoms with E-state index in [1.54, 1.807) is 19.1 Å². The van der Waals surface area contributed by atoms with Gasteiger partial charge in [0.05, 0.1) is 5.25 Å². The van der Waals surface area contributed by atoms with Gasteiger partial charge in [0.15, 0.2) is 5.16 Å². The van der Waals surface area contributed by atoms with Gasteiger partial charge >= 0.3 is 6.18 Å². The van der Waals surface area contributed by atoms with Gasteiger partial charge in [-0.05, 0) is 37.3 Å². The summed E-state index contributed by atoms with van der Waals surface area (Å²) < 4.78 is 38.0. The molecule has 0 spiro atoms. The number of benzene rings is 1. The molecule has 2 aromatic rings. The van der Waals surface area contributed by atoms with Gasteiger partial charge in [0.25, 0.3) is 0 Å². The van der Waals surface area contributed by atoms with E-state index in [1.807, 2.05) is 31.1 Å². The first-order valence-electron chi connectivity index (χ1n) is 7.32. The second-order valence-electron chi connectivity index (χ2n) is 5.41. The highest BCUT2D eigenvalue weighted by molar-refractivity contribution is 8.00. The summed E-state index contributed by atoms with van der Waals surface area (Å²) in [6.07, 6.45) is -3.51. The summed E-state index contributed by atoms with van der Waals surface area (Å²) in [5, 5.41) is 1.96. The summed E-state index contributed by atoms with van der Waals surface area (Å²) in [6.45, 7) is 1.58. The quantitative estimate of drug-likeness (QED) is 0.643. The van der Waals surface area contributed by atoms with Gasteiger partial charge in [-0.15, -0.1) is 0 Å². The number of anilines is 2. The standard InChI is InChI=1S/C16H17F3N4OS/c1-10(25-15-20-9-8-13(22-15)16(17,18)19)14(24)21-11-4-6-12(7-5-11)23(2)3/h4-10H,1-3H3,(H,21,24). The van der Waals surface area contributed by atoms with Crippen molar-refractivity contribution in [3.05, 3.63) is 42.2 Å². The molecule has 0 radical (unpaired) electrons. The molecule has 1 N–H and O–H groups in total. The van der Waals surface area contributed by atoms with E-state index in [2.05, 4.69) is 15.3 Å². The predicted molar refractivity (Wildman–Crippen MR) is 91.8 cm³/mol. The lowest BCUT2D eigenvalue weighted by Crippen LogP contribution is -2.23. The van der Waals surface area contributed by atoms with Gasteiger partial charge in [-0.25, -0.2) is 9.97 Å². The van der Waals surface area contributed by atoms with Crippen LogP contribution in [0.25, 0.3) is 0 Å². The highest BCUT2D eigenvalue weighted by Crippen LogP contribution is 2.29. The number of hydrogen-bond donors (Lipinski definition) is 1. The summed E-state index contributed by atoms with van der Waals surface area (Å²) in [5.41, 5.74) is 0.558. The lowest BCUT2D eigenvalue weighted by Gasteiger charge is -2.14. The fourth-order valence-electron chi connectivity index (χ4n) is 1.85. The summed E-state index contributed by atoms with van der Waals surface area (Å²) >= 11 is 0.867. The summed E-state index contributed by atoms with van der Waals surface area (Å²) in [6, 6.07) is 8.00. The second-order valence-corrected chi connectivity index (χ2v) is 6.72. The highest BCUT2D eigenvalue weighted by Gasteiger charge is 2.33. The average molecular weight is 370 g/mol. The van der Waals surface area contributed by atoms with Crippen LogP contribution < -0.4 is 10.2 Å². The maximum Gasteiger partial charge on any atom is 0.433 e. The Bertz CT molecular complexity index is 735. The van der Waals surface area contributed by atoms with Crippen LogP contribution in [0.1, 0.15) is 12.6 Å². The molecule has 5 nitrogen and oxygen atoms in total. The molecule has 1 atom stereocenters. The van der Waals surface area contributed by atoms with Crippen molar-refractivity contribution in [3.8, 4) is 0 Å². The average Bonchev–Trinajstić information content (AvgIpc) is 2.54. The number of carbonyl (C=O) groups is 1. The van der Waals surface area contributed by atoms with E-state index in [0.29, 0.717) is 5.69 Å². The molecule has 0 bridgehead atoms. The van der Waals surface area contributed by atoms with Crippen LogP contribution in [0.2, 0.25) is 0 Å². The molecular weight excluding hydrogens is 353 g/mol. The van der Waals surface area contributed by atoms with Gasteiger partial charge in [-0.1, -0.05) is 11.8 Å². The van der Waals surface area contributed by atoms with Crippen LogP contribution in [0.4, 0.5) is 24.5 Å². The Hall–Kier alpha value is -2.29. The minimum absolute atomic E-state index is 0.0968. The van der Waals surface area contributed by atoms with Crippen LogP contribution in [0.5, 0.6) is 0 Å². The van der Waals surface area contributed by atoms with Crippen molar-refractivity contribution in [2.45, 2.75) is 23.5 Å². The largest absolute Gasteiger partial charge is 0.433 e. The number of rotatable bonds is 5. The molecule has 1 aromatic heterocycles. The molecule has 0 aliphatic rings. The SMILES string of the molecule is CC(Sc1nccc(C(F)(F)F)n1)C(=O)Nc1ccc(N(C)C)cc1. The zero-order valence-electron chi connectivity index (χ0n) is 13.8. The first-order chi connectivity index (χ1) is 11.7. The fourth-order valence-corrected chi connectivity index (χ4v) is 2.61. The summed E-state index contributed by atoms with van der Waals surface area (Å²) in [4.78, 5) is 21.3. The van der Waals surface area contributed by atoms with Crippen LogP contribution in [0, 0.1) is 0 Å². The van der Waals surface area contributed by atoms with Crippen LogP contribution >= 0.6 is 11.8 Å². The number of halogens is 3. The number of nitrogens with one attached hydrogen (secondary N) is 1. The number of carbonyl (C=O) groups excluding carboxylic acids is 1. The molecule has 0 aliphatic carbocycles. The molecular formula is C16H17F3N4OS. The number of aromatic nitrogens is 2. The molecule has 1 amide bonds. The molecule has 25 heavy (non-hydrogen) atoms. The van der Waals surface area contributed by atoms with Gasteiger partial charge in [0, 0.05) is 31.7 Å². The van der Waals surface area contributed by atoms with E-state index in [1.165, 1.54) is 0 Å². The molecule has 134 valence electrons. The van der Waals surface area contributed by atoms with Gasteiger partial charge in [0.2, 0.25) is 5.91 Å². The Balaban J connectivity index is 2.00. The van der Waals surface area contributed by atoms with Crippen LogP contribution in [-0.2, 0) is 11.0 Å². The molecule has 0 saturated carbocycles. The monoisotopic (exact) mass is 370 g/mol. The summed E-state index contributed by atoms with van der Waals surface area (Å²) in [5.74, 6) is -0.344. The van der Waals surface area contributed by atoms with Crippen molar-refractivity contribution in [2.75, 3.05) is 24.3 Å². The molecule has 1 aromatic carbocycles. The maximum absolute atomic E-state index is 12.7. The normalized spacial score (nSPS) is 12.6. The van der Waals surface area contributed by atoms with Crippen LogP contribution in [0.3, 0.4) is 0 Å². The number of amides is 1. The lowest BCUT2D eigenvalue weighted by molar-refractivity contribution is -0.141. The fraction of sp³-hybridized carbons (Fsp3) is 0.312. The van der Waals surface area contributed by atoms with Crippen molar-refractivity contribution in [1.29, 1.82) is 0 Å².